The van der Waals surface area contributed by atoms with Crippen LogP contribution >= 0.6 is 7.82 Å². The molecule has 1 fully saturated rings. The van der Waals surface area contributed by atoms with Gasteiger partial charge in [-0.05, 0) is 51.4 Å². The van der Waals surface area contributed by atoms with Crippen molar-refractivity contribution in [3.05, 3.63) is 36.5 Å². The Bertz CT molecular complexity index is 1380. The van der Waals surface area contributed by atoms with E-state index < -0.39 is 75.7 Å². The average Bonchev–Trinajstić information content (AvgIpc) is 3.35. The Morgan fingerprint density at radius 3 is 1.18 bits per heavy atom. The molecule has 0 aromatic rings. The molecule has 0 radical (unpaired) electrons. The fraction of sp³-hybridized carbons (Fsp3) is 0.860. The molecule has 1 aliphatic carbocycles. The van der Waals surface area contributed by atoms with E-state index in [0.717, 1.165) is 70.6 Å². The molecule has 1 rings (SSSR count). The van der Waals surface area contributed by atoms with Gasteiger partial charge in [-0.15, -0.1) is 0 Å². The van der Waals surface area contributed by atoms with Crippen molar-refractivity contribution in [3.63, 3.8) is 0 Å². The van der Waals surface area contributed by atoms with E-state index in [1.165, 1.54) is 148 Å². The fourth-order valence-electron chi connectivity index (χ4n) is 8.89. The minimum atomic E-state index is -5.13. The zero-order chi connectivity index (χ0) is 52.1. The molecule has 13 nitrogen and oxygen atoms in total. The molecule has 6 unspecified atom stereocenters. The molecule has 0 bridgehead atoms. The molecule has 0 spiro atoms. The topological polar surface area (TPSA) is 210 Å². The molecule has 6 N–H and O–H groups in total. The first-order valence-electron chi connectivity index (χ1n) is 28.8. The first kappa shape index (κ1) is 67.1. The molecule has 6 atom stereocenters. The zero-order valence-corrected chi connectivity index (χ0v) is 45.7. The van der Waals surface area contributed by atoms with E-state index in [4.69, 9.17) is 18.5 Å². The summed E-state index contributed by atoms with van der Waals surface area (Å²) in [6.45, 7) is 3.32. The molecule has 0 heterocycles. The number of phosphoric acid groups is 1. The Labute approximate surface area is 431 Å². The van der Waals surface area contributed by atoms with E-state index in [1.54, 1.807) is 0 Å². The van der Waals surface area contributed by atoms with Gasteiger partial charge in [0, 0.05) is 12.8 Å². The molecule has 0 aromatic carbocycles. The molecule has 71 heavy (non-hydrogen) atoms. The Morgan fingerprint density at radius 1 is 0.437 bits per heavy atom. The SMILES string of the molecule is CCCCC/C=C\C/C=C\C/C=C\CCCCCCCCC(=O)OC(COC(=O)CCCCCCCCCCCCCCCCCCCCCCCCC)COP(=O)(O)OC1C(O)C(O)C(O)C(O)C1O. The lowest BCUT2D eigenvalue weighted by Crippen LogP contribution is -2.64. The van der Waals surface area contributed by atoms with Gasteiger partial charge in [-0.2, -0.15) is 0 Å². The van der Waals surface area contributed by atoms with Gasteiger partial charge in [0.05, 0.1) is 6.61 Å². The molecule has 0 saturated heterocycles. The third-order valence-corrected chi connectivity index (χ3v) is 14.5. The van der Waals surface area contributed by atoms with Crippen molar-refractivity contribution in [2.24, 2.45) is 0 Å². The normalized spacial score (nSPS) is 20.8. The minimum absolute atomic E-state index is 0.0840. The number of rotatable bonds is 49. The Balaban J connectivity index is 2.33. The predicted octanol–water partition coefficient (Wildman–Crippen LogP) is 13.3. The van der Waals surface area contributed by atoms with Gasteiger partial charge in [-0.1, -0.05) is 230 Å². The Morgan fingerprint density at radius 2 is 0.761 bits per heavy atom. The van der Waals surface area contributed by atoms with Gasteiger partial charge < -0.3 is 39.9 Å². The van der Waals surface area contributed by atoms with Crippen LogP contribution < -0.4 is 0 Å². The van der Waals surface area contributed by atoms with Crippen LogP contribution in [0.25, 0.3) is 0 Å². The molecular weight excluding hydrogens is 924 g/mol. The second kappa shape index (κ2) is 46.6. The molecule has 0 amide bonds. The second-order valence-electron chi connectivity index (χ2n) is 20.2. The van der Waals surface area contributed by atoms with Crippen molar-refractivity contribution in [1.29, 1.82) is 0 Å². The lowest BCUT2D eigenvalue weighted by Gasteiger charge is -2.41. The Kier molecular flexibility index (Phi) is 44.0. The molecule has 1 saturated carbocycles. The highest BCUT2D eigenvalue weighted by molar-refractivity contribution is 7.47. The van der Waals surface area contributed by atoms with Crippen LogP contribution in [0.1, 0.15) is 258 Å². The van der Waals surface area contributed by atoms with E-state index in [1.807, 2.05) is 0 Å². The number of esters is 2. The molecule has 416 valence electrons. The quantitative estimate of drug-likeness (QED) is 0.0145. The van der Waals surface area contributed by atoms with E-state index >= 15 is 0 Å². The third-order valence-electron chi connectivity index (χ3n) is 13.5. The number of phosphoric ester groups is 1. The van der Waals surface area contributed by atoms with Gasteiger partial charge in [0.15, 0.2) is 6.10 Å². The number of aliphatic hydroxyl groups excluding tert-OH is 5. The fourth-order valence-corrected chi connectivity index (χ4v) is 9.86. The first-order chi connectivity index (χ1) is 34.4. The van der Waals surface area contributed by atoms with Crippen LogP contribution in [0.4, 0.5) is 0 Å². The van der Waals surface area contributed by atoms with Crippen LogP contribution in [-0.4, -0.2) is 98.3 Å². The zero-order valence-electron chi connectivity index (χ0n) is 44.8. The predicted molar refractivity (Wildman–Crippen MR) is 286 cm³/mol. The van der Waals surface area contributed by atoms with Gasteiger partial charge in [-0.3, -0.25) is 18.6 Å². The van der Waals surface area contributed by atoms with Crippen molar-refractivity contribution in [3.8, 4) is 0 Å². The number of unbranched alkanes of at least 4 members (excludes halogenated alkanes) is 31. The highest BCUT2D eigenvalue weighted by Gasteiger charge is 2.51. The lowest BCUT2D eigenvalue weighted by molar-refractivity contribution is -0.220. The average molecular weight is 1030 g/mol. The standard InChI is InChI=1S/C57H105O13P/c1-3-5-7-9-11-13-15-17-19-21-23-24-25-26-28-29-31-33-35-37-39-41-43-45-50(58)67-47-49(48-68-71(65,66)70-57-55(63)53(61)52(60)54(62)56(57)64)69-51(59)46-44-42-40-38-36-34-32-30-27-22-20-18-16-14-12-10-8-6-4-2/h12,14,18,20,27,30,49,52-57,60-64H,3-11,13,15-17,19,21-26,28-29,31-48H2,1-2H3,(H,65,66)/b14-12-,20-18-,30-27-. The van der Waals surface area contributed by atoms with Gasteiger partial charge in [0.1, 0.15) is 43.2 Å². The summed E-state index contributed by atoms with van der Waals surface area (Å²) in [7, 11) is -5.13. The van der Waals surface area contributed by atoms with Crippen molar-refractivity contribution in [2.45, 2.75) is 301 Å². The van der Waals surface area contributed by atoms with Crippen LogP contribution in [0.3, 0.4) is 0 Å². The summed E-state index contributed by atoms with van der Waals surface area (Å²) in [5.74, 6) is -1.10. The highest BCUT2D eigenvalue weighted by atomic mass is 31.2. The second-order valence-corrected chi connectivity index (χ2v) is 21.6. The summed E-state index contributed by atoms with van der Waals surface area (Å²) in [5, 5.41) is 50.4. The maximum absolute atomic E-state index is 12.9. The highest BCUT2D eigenvalue weighted by Crippen LogP contribution is 2.47. The number of aliphatic hydroxyl groups is 5. The largest absolute Gasteiger partial charge is 0.472 e. The monoisotopic (exact) mass is 1030 g/mol. The van der Waals surface area contributed by atoms with Gasteiger partial charge in [-0.25, -0.2) is 4.57 Å². The summed E-state index contributed by atoms with van der Waals surface area (Å²) in [5.41, 5.74) is 0. The lowest BCUT2D eigenvalue weighted by atomic mass is 9.85. The van der Waals surface area contributed by atoms with Crippen LogP contribution in [0.2, 0.25) is 0 Å². The summed E-state index contributed by atoms with van der Waals surface area (Å²) < 4.78 is 33.7. The number of carbonyl (C=O) groups is 2. The smallest absolute Gasteiger partial charge is 0.462 e. The molecule has 0 aromatic heterocycles. The number of ether oxygens (including phenoxy) is 2. The summed E-state index contributed by atoms with van der Waals surface area (Å²) in [6, 6.07) is 0. The van der Waals surface area contributed by atoms with Crippen LogP contribution in [0.15, 0.2) is 36.5 Å². The van der Waals surface area contributed by atoms with Crippen molar-refractivity contribution < 1.29 is 63.1 Å². The van der Waals surface area contributed by atoms with Crippen molar-refractivity contribution in [1.82, 2.24) is 0 Å². The summed E-state index contributed by atoms with van der Waals surface area (Å²) in [6.07, 6.45) is 43.3. The number of carbonyl (C=O) groups excluding carboxylic acids is 2. The van der Waals surface area contributed by atoms with Gasteiger partial charge >= 0.3 is 19.8 Å². The van der Waals surface area contributed by atoms with E-state index in [2.05, 4.69) is 50.3 Å². The van der Waals surface area contributed by atoms with Crippen LogP contribution in [0, 0.1) is 0 Å². The minimum Gasteiger partial charge on any atom is -0.462 e. The van der Waals surface area contributed by atoms with E-state index in [0.29, 0.717) is 12.8 Å². The number of hydrogen-bond acceptors (Lipinski definition) is 12. The molecule has 0 aliphatic heterocycles. The van der Waals surface area contributed by atoms with Crippen molar-refractivity contribution >= 4 is 19.8 Å². The first-order valence-corrected chi connectivity index (χ1v) is 30.3. The van der Waals surface area contributed by atoms with E-state index in [-0.39, 0.29) is 12.8 Å². The maximum atomic E-state index is 12.9. The number of hydrogen-bond donors (Lipinski definition) is 6. The molecule has 14 heteroatoms. The van der Waals surface area contributed by atoms with Crippen LogP contribution in [0.5, 0.6) is 0 Å². The maximum Gasteiger partial charge on any atom is 0.472 e. The Hall–Kier alpha value is -1.93. The summed E-state index contributed by atoms with van der Waals surface area (Å²) >= 11 is 0. The third kappa shape index (κ3) is 38.3. The van der Waals surface area contributed by atoms with Crippen LogP contribution in [-0.2, 0) is 32.7 Å². The molecule has 1 aliphatic rings. The molecular formula is C57H105O13P. The van der Waals surface area contributed by atoms with Gasteiger partial charge in [0.25, 0.3) is 0 Å². The number of allylic oxidation sites excluding steroid dienone is 6. The summed E-state index contributed by atoms with van der Waals surface area (Å²) in [4.78, 5) is 36.0. The van der Waals surface area contributed by atoms with E-state index in [9.17, 15) is 44.6 Å². The van der Waals surface area contributed by atoms with Crippen molar-refractivity contribution in [2.75, 3.05) is 13.2 Å². The van der Waals surface area contributed by atoms with Gasteiger partial charge in [0.2, 0.25) is 0 Å².